The Morgan fingerprint density at radius 3 is 2.82 bits per heavy atom. The van der Waals surface area contributed by atoms with E-state index in [1.54, 1.807) is 6.92 Å². The maximum atomic E-state index is 11.2. The number of ether oxygens (including phenoxy) is 1. The van der Waals surface area contributed by atoms with E-state index in [-0.39, 0.29) is 12.5 Å². The molecule has 0 atom stereocenters. The third-order valence-corrected chi connectivity index (χ3v) is 3.35. The number of carbonyl (C=O) groups is 1. The highest BCUT2D eigenvalue weighted by Gasteiger charge is 2.12. The molecule has 1 aromatic rings. The maximum Gasteiger partial charge on any atom is 0.319 e. The Balaban J connectivity index is 2.54. The van der Waals surface area contributed by atoms with Gasteiger partial charge in [-0.2, -0.15) is 5.10 Å². The number of hydrogen-bond acceptors (Lipinski definition) is 4. The average molecular weight is 304 g/mol. The molecule has 6 heteroatoms. The first kappa shape index (κ1) is 14.2. The number of carbonyl (C=O) groups excluding carboxylic acids is 1. The number of nitrogens with one attached hydrogen (secondary N) is 1. The van der Waals surface area contributed by atoms with E-state index >= 15 is 0 Å². The minimum atomic E-state index is -0.233. The van der Waals surface area contributed by atoms with Gasteiger partial charge < -0.3 is 10.1 Å². The van der Waals surface area contributed by atoms with Crippen molar-refractivity contribution in [2.45, 2.75) is 33.9 Å². The molecule has 1 rings (SSSR count). The van der Waals surface area contributed by atoms with Gasteiger partial charge in [-0.3, -0.25) is 9.48 Å². The van der Waals surface area contributed by atoms with Crippen molar-refractivity contribution in [3.05, 3.63) is 15.9 Å². The van der Waals surface area contributed by atoms with Crippen LogP contribution < -0.4 is 5.32 Å². The minimum Gasteiger partial charge on any atom is -0.465 e. The van der Waals surface area contributed by atoms with Gasteiger partial charge in [-0.25, -0.2) is 0 Å². The van der Waals surface area contributed by atoms with Crippen LogP contribution in [0.5, 0.6) is 0 Å². The molecule has 0 spiro atoms. The lowest BCUT2D eigenvalue weighted by molar-refractivity contribution is -0.142. The van der Waals surface area contributed by atoms with Gasteiger partial charge in [0, 0.05) is 13.1 Å². The smallest absolute Gasteiger partial charge is 0.319 e. The molecule has 0 radical (unpaired) electrons. The highest BCUT2D eigenvalue weighted by atomic mass is 79.9. The van der Waals surface area contributed by atoms with Gasteiger partial charge in [0.05, 0.1) is 29.0 Å². The molecule has 17 heavy (non-hydrogen) atoms. The number of rotatable bonds is 6. The molecule has 0 aliphatic carbocycles. The summed E-state index contributed by atoms with van der Waals surface area (Å²) >= 11 is 3.50. The molecule has 0 bridgehead atoms. The van der Waals surface area contributed by atoms with Gasteiger partial charge in [0.25, 0.3) is 0 Å². The molecule has 0 aromatic carbocycles. The van der Waals surface area contributed by atoms with Crippen LogP contribution in [-0.2, 0) is 22.6 Å². The third-order valence-electron chi connectivity index (χ3n) is 2.32. The van der Waals surface area contributed by atoms with Crippen LogP contribution in [0.3, 0.4) is 0 Å². The van der Waals surface area contributed by atoms with Crippen LogP contribution >= 0.6 is 15.9 Å². The standard InChI is InChI=1S/C11H18BrN3O2/c1-4-15-9(11(12)8(3)14-15)6-13-7-10(16)17-5-2/h13H,4-7H2,1-3H3. The Morgan fingerprint density at radius 1 is 1.53 bits per heavy atom. The van der Waals surface area contributed by atoms with Crippen LogP contribution in [-0.4, -0.2) is 28.9 Å². The number of aromatic nitrogens is 2. The van der Waals surface area contributed by atoms with E-state index < -0.39 is 0 Å². The quantitative estimate of drug-likeness (QED) is 0.812. The van der Waals surface area contributed by atoms with Crippen molar-refractivity contribution < 1.29 is 9.53 Å². The first-order chi connectivity index (χ1) is 8.10. The van der Waals surface area contributed by atoms with E-state index in [4.69, 9.17) is 4.74 Å². The summed E-state index contributed by atoms with van der Waals surface area (Å²) in [6.45, 7) is 7.81. The minimum absolute atomic E-state index is 0.216. The number of aryl methyl sites for hydroxylation is 2. The van der Waals surface area contributed by atoms with E-state index in [9.17, 15) is 4.79 Å². The number of halogens is 1. The molecule has 5 nitrogen and oxygen atoms in total. The summed E-state index contributed by atoms with van der Waals surface area (Å²) in [6.07, 6.45) is 0. The second kappa shape index (κ2) is 6.76. The summed E-state index contributed by atoms with van der Waals surface area (Å²) in [6, 6.07) is 0. The molecular formula is C11H18BrN3O2. The molecule has 0 amide bonds. The van der Waals surface area contributed by atoms with Crippen molar-refractivity contribution in [2.75, 3.05) is 13.2 Å². The van der Waals surface area contributed by atoms with Crippen molar-refractivity contribution in [3.63, 3.8) is 0 Å². The van der Waals surface area contributed by atoms with Gasteiger partial charge in [0.2, 0.25) is 0 Å². The van der Waals surface area contributed by atoms with Crippen molar-refractivity contribution in [1.82, 2.24) is 15.1 Å². The van der Waals surface area contributed by atoms with Crippen LogP contribution in [0.2, 0.25) is 0 Å². The number of hydrogen-bond donors (Lipinski definition) is 1. The van der Waals surface area contributed by atoms with Gasteiger partial charge in [0.15, 0.2) is 0 Å². The van der Waals surface area contributed by atoms with E-state index in [1.807, 2.05) is 18.5 Å². The topological polar surface area (TPSA) is 56.1 Å². The summed E-state index contributed by atoms with van der Waals surface area (Å²) in [4.78, 5) is 11.2. The molecule has 1 heterocycles. The fourth-order valence-corrected chi connectivity index (χ4v) is 1.96. The highest BCUT2D eigenvalue weighted by Crippen LogP contribution is 2.20. The number of nitrogens with zero attached hydrogens (tertiary/aromatic N) is 2. The zero-order chi connectivity index (χ0) is 12.8. The average Bonchev–Trinajstić information content (AvgIpc) is 2.57. The van der Waals surface area contributed by atoms with Crippen molar-refractivity contribution in [2.24, 2.45) is 0 Å². The molecule has 0 fully saturated rings. The molecule has 0 aliphatic rings. The second-order valence-corrected chi connectivity index (χ2v) is 4.36. The Morgan fingerprint density at radius 2 is 2.24 bits per heavy atom. The number of esters is 1. The van der Waals surface area contributed by atoms with Crippen LogP contribution in [0.1, 0.15) is 25.2 Å². The Kier molecular flexibility index (Phi) is 5.64. The SMILES string of the molecule is CCOC(=O)CNCc1c(Br)c(C)nn1CC. The lowest BCUT2D eigenvalue weighted by Crippen LogP contribution is -2.25. The first-order valence-electron chi connectivity index (χ1n) is 5.68. The van der Waals surface area contributed by atoms with Crippen LogP contribution in [0.15, 0.2) is 4.47 Å². The fourth-order valence-electron chi connectivity index (χ4n) is 1.53. The lowest BCUT2D eigenvalue weighted by atomic mass is 10.3. The van der Waals surface area contributed by atoms with E-state index in [2.05, 4.69) is 26.3 Å². The van der Waals surface area contributed by atoms with Gasteiger partial charge in [0.1, 0.15) is 0 Å². The summed E-state index contributed by atoms with van der Waals surface area (Å²) < 4.78 is 7.75. The zero-order valence-corrected chi connectivity index (χ0v) is 12.0. The monoisotopic (exact) mass is 303 g/mol. The molecule has 1 aromatic heterocycles. The van der Waals surface area contributed by atoms with Crippen molar-refractivity contribution in [1.29, 1.82) is 0 Å². The summed E-state index contributed by atoms with van der Waals surface area (Å²) in [5.41, 5.74) is 2.01. The van der Waals surface area contributed by atoms with E-state index in [0.717, 1.165) is 22.4 Å². The third kappa shape index (κ3) is 3.81. The Labute approximate surface area is 110 Å². The van der Waals surface area contributed by atoms with Gasteiger partial charge in [-0.05, 0) is 36.7 Å². The summed E-state index contributed by atoms with van der Waals surface area (Å²) in [5.74, 6) is -0.233. The van der Waals surface area contributed by atoms with Crippen LogP contribution in [0.4, 0.5) is 0 Å². The Hall–Kier alpha value is -0.880. The predicted molar refractivity (Wildman–Crippen MR) is 68.7 cm³/mol. The molecular weight excluding hydrogens is 286 g/mol. The van der Waals surface area contributed by atoms with Crippen molar-refractivity contribution >= 4 is 21.9 Å². The van der Waals surface area contributed by atoms with Crippen molar-refractivity contribution in [3.8, 4) is 0 Å². The zero-order valence-electron chi connectivity index (χ0n) is 10.4. The molecule has 0 unspecified atom stereocenters. The summed E-state index contributed by atoms with van der Waals surface area (Å²) in [5, 5.41) is 7.43. The van der Waals surface area contributed by atoms with E-state index in [1.165, 1.54) is 0 Å². The predicted octanol–water partition coefficient (Wildman–Crippen LogP) is 1.63. The molecule has 0 aliphatic heterocycles. The fraction of sp³-hybridized carbons (Fsp3) is 0.636. The van der Waals surface area contributed by atoms with E-state index in [0.29, 0.717) is 13.2 Å². The normalized spacial score (nSPS) is 10.6. The molecule has 1 N–H and O–H groups in total. The van der Waals surface area contributed by atoms with Crippen LogP contribution in [0.25, 0.3) is 0 Å². The maximum absolute atomic E-state index is 11.2. The summed E-state index contributed by atoms with van der Waals surface area (Å²) in [7, 11) is 0. The lowest BCUT2D eigenvalue weighted by Gasteiger charge is -2.07. The largest absolute Gasteiger partial charge is 0.465 e. The molecule has 0 saturated carbocycles. The van der Waals surface area contributed by atoms with Crippen LogP contribution in [0, 0.1) is 6.92 Å². The second-order valence-electron chi connectivity index (χ2n) is 3.57. The molecule has 96 valence electrons. The Bertz CT molecular complexity index is 390. The van der Waals surface area contributed by atoms with Gasteiger partial charge in [-0.1, -0.05) is 0 Å². The molecule has 0 saturated heterocycles. The van der Waals surface area contributed by atoms with Gasteiger partial charge in [-0.15, -0.1) is 0 Å². The first-order valence-corrected chi connectivity index (χ1v) is 6.47. The van der Waals surface area contributed by atoms with Gasteiger partial charge >= 0.3 is 5.97 Å². The highest BCUT2D eigenvalue weighted by molar-refractivity contribution is 9.10.